The second kappa shape index (κ2) is 14.8. The van der Waals surface area contributed by atoms with Gasteiger partial charge in [0.1, 0.15) is 11.2 Å². The molecule has 2 nitrogen and oxygen atoms in total. The van der Waals surface area contributed by atoms with Gasteiger partial charge in [-0.05, 0) is 126 Å². The largest absolute Gasteiger partial charge is 0.456 e. The molecule has 0 radical (unpaired) electrons. The zero-order valence-corrected chi connectivity index (χ0v) is 35.5. The molecule has 1 aliphatic rings. The van der Waals surface area contributed by atoms with E-state index in [9.17, 15) is 0 Å². The summed E-state index contributed by atoms with van der Waals surface area (Å²) in [6.45, 7) is 0. The number of para-hydroxylation sites is 1. The molecule has 2 heteroatoms. The lowest BCUT2D eigenvalue weighted by Crippen LogP contribution is -2.28. The number of nitrogens with zero attached hydrogens (tertiary/aromatic N) is 1. The lowest BCUT2D eigenvalue weighted by Gasteiger charge is -2.34. The summed E-state index contributed by atoms with van der Waals surface area (Å²) in [6, 6.07) is 90.7. The van der Waals surface area contributed by atoms with Gasteiger partial charge in [-0.25, -0.2) is 0 Å². The zero-order valence-electron chi connectivity index (χ0n) is 35.5. The average molecular weight is 828 g/mol. The van der Waals surface area contributed by atoms with Crippen molar-refractivity contribution >= 4 is 60.5 Å². The summed E-state index contributed by atoms with van der Waals surface area (Å²) in [4.78, 5) is 2.37. The van der Waals surface area contributed by atoms with Gasteiger partial charge in [-0.2, -0.15) is 0 Å². The van der Waals surface area contributed by atoms with Crippen molar-refractivity contribution in [1.82, 2.24) is 0 Å². The van der Waals surface area contributed by atoms with Crippen molar-refractivity contribution in [2.45, 2.75) is 5.41 Å². The molecule has 1 heterocycles. The first-order valence-electron chi connectivity index (χ1n) is 22.4. The Hall–Kier alpha value is -8.46. The lowest BCUT2D eigenvalue weighted by atomic mass is 9.67. The van der Waals surface area contributed by atoms with Crippen LogP contribution < -0.4 is 4.90 Å². The van der Waals surface area contributed by atoms with Gasteiger partial charge in [-0.3, -0.25) is 0 Å². The Balaban J connectivity index is 1.03. The third kappa shape index (κ3) is 5.88. The van der Waals surface area contributed by atoms with Gasteiger partial charge < -0.3 is 9.32 Å². The number of hydrogen-bond acceptors (Lipinski definition) is 2. The summed E-state index contributed by atoms with van der Waals surface area (Å²) in [5.41, 5.74) is 16.5. The Bertz CT molecular complexity index is 3690. The Morgan fingerprint density at radius 2 is 0.846 bits per heavy atom. The second-order valence-corrected chi connectivity index (χ2v) is 17.2. The van der Waals surface area contributed by atoms with Crippen molar-refractivity contribution in [2.75, 3.05) is 4.90 Å². The molecule has 13 rings (SSSR count). The first kappa shape index (κ1) is 37.1. The van der Waals surface area contributed by atoms with Gasteiger partial charge in [0.05, 0.1) is 11.1 Å². The molecule has 0 saturated heterocycles. The standard InChI is InChI=1S/C63H41NO/c1-3-15-42(16-4-1)45-29-33-51(34-30-45)64(60-26-14-12-23-53(60)46-19-5-2-6-20-46)52-35-36-55-57-40-56-54-24-11-13-25-58(54)63(59(56)41-62(57)65-61(55)39-52,49-31-27-43-17-7-9-21-47(43)37-49)50-32-28-44-18-8-10-22-48(44)38-50/h1-41H. The van der Waals surface area contributed by atoms with E-state index in [0.717, 1.165) is 50.1 Å². The fourth-order valence-electron chi connectivity index (χ4n) is 10.7. The van der Waals surface area contributed by atoms with Crippen molar-refractivity contribution in [3.05, 3.63) is 271 Å². The first-order chi connectivity index (χ1) is 32.2. The maximum absolute atomic E-state index is 7.11. The van der Waals surface area contributed by atoms with Crippen LogP contribution in [0.4, 0.5) is 17.1 Å². The van der Waals surface area contributed by atoms with Crippen LogP contribution in [0.1, 0.15) is 22.3 Å². The van der Waals surface area contributed by atoms with Crippen LogP contribution in [-0.4, -0.2) is 0 Å². The van der Waals surface area contributed by atoms with E-state index in [0.29, 0.717) is 0 Å². The van der Waals surface area contributed by atoms with E-state index in [-0.39, 0.29) is 0 Å². The van der Waals surface area contributed by atoms with Crippen LogP contribution in [0, 0.1) is 0 Å². The molecule has 0 amide bonds. The molecule has 0 unspecified atom stereocenters. The summed E-state index contributed by atoms with van der Waals surface area (Å²) in [5, 5.41) is 7.10. The molecule has 304 valence electrons. The molecular weight excluding hydrogens is 787 g/mol. The smallest absolute Gasteiger partial charge is 0.137 e. The first-order valence-corrected chi connectivity index (χ1v) is 22.4. The minimum absolute atomic E-state index is 0.595. The number of furan rings is 1. The maximum atomic E-state index is 7.11. The van der Waals surface area contributed by atoms with Crippen LogP contribution in [-0.2, 0) is 5.41 Å². The Morgan fingerprint density at radius 1 is 0.308 bits per heavy atom. The molecule has 1 aromatic heterocycles. The monoisotopic (exact) mass is 827 g/mol. The van der Waals surface area contributed by atoms with Gasteiger partial charge in [0.2, 0.25) is 0 Å². The minimum Gasteiger partial charge on any atom is -0.456 e. The van der Waals surface area contributed by atoms with Crippen molar-refractivity contribution in [1.29, 1.82) is 0 Å². The van der Waals surface area contributed by atoms with Crippen LogP contribution in [0.2, 0.25) is 0 Å². The van der Waals surface area contributed by atoms with Gasteiger partial charge in [0, 0.05) is 33.8 Å². The number of rotatable bonds is 7. The summed E-state index contributed by atoms with van der Waals surface area (Å²) >= 11 is 0. The van der Waals surface area contributed by atoms with Crippen LogP contribution >= 0.6 is 0 Å². The maximum Gasteiger partial charge on any atom is 0.137 e. The molecule has 0 aliphatic heterocycles. The average Bonchev–Trinajstić information content (AvgIpc) is 3.88. The van der Waals surface area contributed by atoms with Gasteiger partial charge in [0.15, 0.2) is 0 Å². The van der Waals surface area contributed by atoms with Gasteiger partial charge in [0.25, 0.3) is 0 Å². The van der Waals surface area contributed by atoms with E-state index in [1.165, 1.54) is 66.1 Å². The molecule has 12 aromatic rings. The second-order valence-electron chi connectivity index (χ2n) is 17.2. The summed E-state index contributed by atoms with van der Waals surface area (Å²) in [5.74, 6) is 0. The Kier molecular flexibility index (Phi) is 8.47. The van der Waals surface area contributed by atoms with E-state index >= 15 is 0 Å². The highest BCUT2D eigenvalue weighted by molar-refractivity contribution is 6.09. The molecule has 65 heavy (non-hydrogen) atoms. The number of fused-ring (bicyclic) bond motifs is 8. The highest BCUT2D eigenvalue weighted by Gasteiger charge is 2.47. The van der Waals surface area contributed by atoms with Crippen molar-refractivity contribution in [2.24, 2.45) is 0 Å². The van der Waals surface area contributed by atoms with Gasteiger partial charge >= 0.3 is 0 Å². The molecule has 1 aliphatic carbocycles. The fraction of sp³-hybridized carbons (Fsp3) is 0.0159. The van der Waals surface area contributed by atoms with E-state index in [4.69, 9.17) is 4.42 Å². The molecule has 0 fully saturated rings. The molecular formula is C63H41NO. The van der Waals surface area contributed by atoms with Crippen molar-refractivity contribution in [3.63, 3.8) is 0 Å². The van der Waals surface area contributed by atoms with E-state index in [1.54, 1.807) is 0 Å². The van der Waals surface area contributed by atoms with E-state index < -0.39 is 5.41 Å². The predicted molar refractivity (Wildman–Crippen MR) is 272 cm³/mol. The molecule has 0 saturated carbocycles. The van der Waals surface area contributed by atoms with Gasteiger partial charge in [-0.15, -0.1) is 0 Å². The fourth-order valence-corrected chi connectivity index (χ4v) is 10.7. The third-order valence-electron chi connectivity index (χ3n) is 13.7. The van der Waals surface area contributed by atoms with Crippen molar-refractivity contribution in [3.8, 4) is 33.4 Å². The summed E-state index contributed by atoms with van der Waals surface area (Å²) in [7, 11) is 0. The van der Waals surface area contributed by atoms with Crippen LogP contribution in [0.3, 0.4) is 0 Å². The molecule has 0 spiro atoms. The Labute approximate surface area is 377 Å². The van der Waals surface area contributed by atoms with E-state index in [2.05, 4.69) is 254 Å². The highest BCUT2D eigenvalue weighted by Crippen LogP contribution is 2.58. The molecule has 0 N–H and O–H groups in total. The zero-order chi connectivity index (χ0) is 42.9. The van der Waals surface area contributed by atoms with Crippen LogP contribution in [0.5, 0.6) is 0 Å². The Morgan fingerprint density at radius 3 is 1.54 bits per heavy atom. The molecule has 0 bridgehead atoms. The lowest BCUT2D eigenvalue weighted by molar-refractivity contribution is 0.666. The number of hydrogen-bond donors (Lipinski definition) is 0. The molecule has 0 atom stereocenters. The summed E-state index contributed by atoms with van der Waals surface area (Å²) < 4.78 is 7.11. The highest BCUT2D eigenvalue weighted by atomic mass is 16.3. The van der Waals surface area contributed by atoms with E-state index in [1.807, 2.05) is 0 Å². The number of benzene rings is 11. The predicted octanol–water partition coefficient (Wildman–Crippen LogP) is 17.1. The van der Waals surface area contributed by atoms with Crippen LogP contribution in [0.25, 0.3) is 76.9 Å². The molecule has 11 aromatic carbocycles. The van der Waals surface area contributed by atoms with Crippen molar-refractivity contribution < 1.29 is 4.42 Å². The van der Waals surface area contributed by atoms with Gasteiger partial charge in [-0.1, -0.05) is 188 Å². The minimum atomic E-state index is -0.595. The van der Waals surface area contributed by atoms with Crippen LogP contribution in [0.15, 0.2) is 253 Å². The normalized spacial score (nSPS) is 12.7. The number of anilines is 3. The topological polar surface area (TPSA) is 16.4 Å². The quantitative estimate of drug-likeness (QED) is 0.159. The summed E-state index contributed by atoms with van der Waals surface area (Å²) in [6.07, 6.45) is 0. The SMILES string of the molecule is c1ccc(-c2ccc(N(c3ccc4c(c3)oc3cc5c(cc34)-c3ccccc3C5(c3ccc4ccccc4c3)c3ccc4ccccc4c3)c3ccccc3-c3ccccc3)cc2)cc1. The third-order valence-corrected chi connectivity index (χ3v) is 13.7.